The SMILES string of the molecule is CCCCCCCCCCCCCCCCCCCCCCCCCCCC(=O)OC(CO)COC(=O)CCCCCCCCCCCCCCCCCCCC. The molecular weight excluding hydrogens is 705 g/mol. The first-order valence-electron chi connectivity index (χ1n) is 26.1. The van der Waals surface area contributed by atoms with Crippen LogP contribution in [0.15, 0.2) is 0 Å². The Kier molecular flexibility index (Phi) is 48.3. The molecule has 1 unspecified atom stereocenters. The fourth-order valence-corrected chi connectivity index (χ4v) is 8.21. The second-order valence-electron chi connectivity index (χ2n) is 18.0. The Bertz CT molecular complexity index is 784. The minimum absolute atomic E-state index is 0.0560. The largest absolute Gasteiger partial charge is 0.462 e. The Balaban J connectivity index is 3.41. The molecule has 0 fully saturated rings. The molecule has 1 N–H and O–H groups in total. The molecule has 0 aliphatic carbocycles. The molecule has 0 saturated heterocycles. The summed E-state index contributed by atoms with van der Waals surface area (Å²) in [6.07, 6.45) is 57.8. The van der Waals surface area contributed by atoms with Gasteiger partial charge in [0, 0.05) is 12.8 Å². The van der Waals surface area contributed by atoms with Crippen molar-refractivity contribution in [1.82, 2.24) is 0 Å². The van der Waals surface area contributed by atoms with Gasteiger partial charge in [-0.1, -0.05) is 277 Å². The van der Waals surface area contributed by atoms with E-state index in [2.05, 4.69) is 13.8 Å². The molecule has 0 aromatic rings. The number of aliphatic hydroxyl groups is 1. The van der Waals surface area contributed by atoms with Gasteiger partial charge in [0.1, 0.15) is 6.61 Å². The van der Waals surface area contributed by atoms with Crippen LogP contribution < -0.4 is 0 Å². The highest BCUT2D eigenvalue weighted by molar-refractivity contribution is 5.70. The lowest BCUT2D eigenvalue weighted by atomic mass is 10.0. The number of carbonyl (C=O) groups is 2. The zero-order valence-electron chi connectivity index (χ0n) is 38.9. The Morgan fingerprint density at radius 3 is 0.772 bits per heavy atom. The van der Waals surface area contributed by atoms with Crippen molar-refractivity contribution in [3.63, 3.8) is 0 Å². The van der Waals surface area contributed by atoms with Crippen LogP contribution >= 0.6 is 0 Å². The fourth-order valence-electron chi connectivity index (χ4n) is 8.21. The first kappa shape index (κ1) is 55.9. The van der Waals surface area contributed by atoms with E-state index in [-0.39, 0.29) is 25.2 Å². The number of unbranched alkanes of at least 4 members (excludes halogenated alkanes) is 41. The minimum atomic E-state index is -0.763. The van der Waals surface area contributed by atoms with Crippen LogP contribution in [0.5, 0.6) is 0 Å². The maximum absolute atomic E-state index is 12.3. The second-order valence-corrected chi connectivity index (χ2v) is 18.0. The van der Waals surface area contributed by atoms with E-state index < -0.39 is 6.10 Å². The summed E-state index contributed by atoms with van der Waals surface area (Å²) >= 11 is 0. The van der Waals surface area contributed by atoms with Crippen LogP contribution in [0.25, 0.3) is 0 Å². The van der Waals surface area contributed by atoms with Crippen molar-refractivity contribution in [3.05, 3.63) is 0 Å². The molecule has 0 aliphatic rings. The fraction of sp³-hybridized carbons (Fsp3) is 0.962. The van der Waals surface area contributed by atoms with Crippen molar-refractivity contribution in [2.45, 2.75) is 309 Å². The number of hydrogen-bond donors (Lipinski definition) is 1. The molecule has 0 aromatic carbocycles. The van der Waals surface area contributed by atoms with E-state index in [1.807, 2.05) is 0 Å². The number of hydrogen-bond acceptors (Lipinski definition) is 5. The van der Waals surface area contributed by atoms with Gasteiger partial charge in [0.15, 0.2) is 6.10 Å². The van der Waals surface area contributed by atoms with Gasteiger partial charge in [0.05, 0.1) is 6.61 Å². The van der Waals surface area contributed by atoms with Gasteiger partial charge in [0.25, 0.3) is 0 Å². The molecule has 0 rings (SSSR count). The zero-order chi connectivity index (χ0) is 41.4. The molecule has 1 atom stereocenters. The van der Waals surface area contributed by atoms with Gasteiger partial charge in [-0.25, -0.2) is 0 Å². The Hall–Kier alpha value is -1.10. The smallest absolute Gasteiger partial charge is 0.306 e. The van der Waals surface area contributed by atoms with Crippen LogP contribution in [0.1, 0.15) is 303 Å². The second kappa shape index (κ2) is 49.3. The lowest BCUT2D eigenvalue weighted by Gasteiger charge is -2.15. The van der Waals surface area contributed by atoms with Crippen molar-refractivity contribution in [1.29, 1.82) is 0 Å². The van der Waals surface area contributed by atoms with Crippen LogP contribution in [0, 0.1) is 0 Å². The molecule has 5 heteroatoms. The van der Waals surface area contributed by atoms with Crippen molar-refractivity contribution < 1.29 is 24.2 Å². The number of rotatable bonds is 49. The summed E-state index contributed by atoms with van der Waals surface area (Å²) in [5.74, 6) is -0.566. The number of ether oxygens (including phenoxy) is 2. The summed E-state index contributed by atoms with van der Waals surface area (Å²) in [5.41, 5.74) is 0. The van der Waals surface area contributed by atoms with Gasteiger partial charge < -0.3 is 14.6 Å². The molecule has 57 heavy (non-hydrogen) atoms. The average Bonchev–Trinajstić information content (AvgIpc) is 3.21. The van der Waals surface area contributed by atoms with Crippen molar-refractivity contribution >= 4 is 11.9 Å². The first-order valence-corrected chi connectivity index (χ1v) is 26.1. The van der Waals surface area contributed by atoms with Gasteiger partial charge in [-0.05, 0) is 12.8 Å². The standard InChI is InChI=1S/C52H102O5/c1-3-5-7-9-11-13-15-17-19-21-23-24-25-26-27-28-29-31-33-35-37-39-41-43-45-47-52(55)57-50(48-53)49-56-51(54)46-44-42-40-38-36-34-32-30-22-20-18-16-14-12-10-8-6-4-2/h50,53H,3-49H2,1-2H3. The highest BCUT2D eigenvalue weighted by Crippen LogP contribution is 2.18. The summed E-state index contributed by atoms with van der Waals surface area (Å²) in [7, 11) is 0. The molecule has 0 saturated carbocycles. The summed E-state index contributed by atoms with van der Waals surface area (Å²) in [4.78, 5) is 24.4. The van der Waals surface area contributed by atoms with E-state index in [1.54, 1.807) is 0 Å². The van der Waals surface area contributed by atoms with Crippen molar-refractivity contribution in [2.24, 2.45) is 0 Å². The quantitative estimate of drug-likeness (QED) is 0.0490. The summed E-state index contributed by atoms with van der Waals surface area (Å²) in [5, 5.41) is 9.62. The normalized spacial score (nSPS) is 12.0. The van der Waals surface area contributed by atoms with Crippen LogP contribution in [-0.2, 0) is 19.1 Å². The molecule has 0 bridgehead atoms. The number of aliphatic hydroxyl groups excluding tert-OH is 1. The van der Waals surface area contributed by atoms with Gasteiger partial charge >= 0.3 is 11.9 Å². The zero-order valence-corrected chi connectivity index (χ0v) is 38.9. The molecule has 0 aliphatic heterocycles. The van der Waals surface area contributed by atoms with Gasteiger partial charge in [-0.3, -0.25) is 9.59 Å². The maximum Gasteiger partial charge on any atom is 0.306 e. The minimum Gasteiger partial charge on any atom is -0.462 e. The van der Waals surface area contributed by atoms with Gasteiger partial charge in [-0.15, -0.1) is 0 Å². The van der Waals surface area contributed by atoms with Crippen molar-refractivity contribution in [2.75, 3.05) is 13.2 Å². The van der Waals surface area contributed by atoms with Crippen LogP contribution in [0.4, 0.5) is 0 Å². The lowest BCUT2D eigenvalue weighted by Crippen LogP contribution is -2.28. The molecule has 5 nitrogen and oxygen atoms in total. The van der Waals surface area contributed by atoms with E-state index in [1.165, 1.54) is 244 Å². The van der Waals surface area contributed by atoms with Crippen LogP contribution in [-0.4, -0.2) is 36.4 Å². The molecule has 340 valence electrons. The van der Waals surface area contributed by atoms with E-state index in [0.29, 0.717) is 12.8 Å². The predicted octanol–water partition coefficient (Wildman–Crippen LogP) is 17.0. The summed E-state index contributed by atoms with van der Waals surface area (Å²) < 4.78 is 10.7. The first-order chi connectivity index (χ1) is 28.1. The van der Waals surface area contributed by atoms with Crippen LogP contribution in [0.3, 0.4) is 0 Å². The highest BCUT2D eigenvalue weighted by Gasteiger charge is 2.16. The Morgan fingerprint density at radius 1 is 0.333 bits per heavy atom. The van der Waals surface area contributed by atoms with E-state index in [9.17, 15) is 14.7 Å². The third kappa shape index (κ3) is 47.5. The lowest BCUT2D eigenvalue weighted by molar-refractivity contribution is -0.161. The van der Waals surface area contributed by atoms with Crippen LogP contribution in [0.2, 0.25) is 0 Å². The molecule has 0 spiro atoms. The highest BCUT2D eigenvalue weighted by atomic mass is 16.6. The monoisotopic (exact) mass is 807 g/mol. The summed E-state index contributed by atoms with van der Waals surface area (Å²) in [6, 6.07) is 0. The predicted molar refractivity (Wildman–Crippen MR) is 247 cm³/mol. The maximum atomic E-state index is 12.3. The third-order valence-corrected chi connectivity index (χ3v) is 12.2. The van der Waals surface area contributed by atoms with Crippen molar-refractivity contribution in [3.8, 4) is 0 Å². The average molecular weight is 807 g/mol. The Labute approximate surface area is 357 Å². The van der Waals surface area contributed by atoms with E-state index in [4.69, 9.17) is 9.47 Å². The van der Waals surface area contributed by atoms with Gasteiger partial charge in [-0.2, -0.15) is 0 Å². The third-order valence-electron chi connectivity index (χ3n) is 12.2. The topological polar surface area (TPSA) is 72.8 Å². The van der Waals surface area contributed by atoms with E-state index in [0.717, 1.165) is 32.1 Å². The molecule has 0 radical (unpaired) electrons. The Morgan fingerprint density at radius 2 is 0.544 bits per heavy atom. The number of carbonyl (C=O) groups excluding carboxylic acids is 2. The van der Waals surface area contributed by atoms with E-state index >= 15 is 0 Å². The molecular formula is C52H102O5. The molecule has 0 aromatic heterocycles. The summed E-state index contributed by atoms with van der Waals surface area (Å²) in [6.45, 7) is 4.20. The molecule has 0 heterocycles. The number of esters is 2. The molecule has 0 amide bonds. The van der Waals surface area contributed by atoms with Gasteiger partial charge in [0.2, 0.25) is 0 Å².